The van der Waals surface area contributed by atoms with Crippen LogP contribution in [0.25, 0.3) is 10.9 Å². The highest BCUT2D eigenvalue weighted by molar-refractivity contribution is 5.78. The van der Waals surface area contributed by atoms with E-state index >= 15 is 0 Å². The molecule has 2 heteroatoms. The van der Waals surface area contributed by atoms with E-state index in [1.807, 2.05) is 0 Å². The Hall–Kier alpha value is -2.19. The molecule has 1 aliphatic carbocycles. The summed E-state index contributed by atoms with van der Waals surface area (Å²) in [5.41, 5.74) is 3.75. The van der Waals surface area contributed by atoms with Gasteiger partial charge in [-0.1, -0.05) is 54.6 Å². The number of hydrogen-bond donors (Lipinski definition) is 0. The summed E-state index contributed by atoms with van der Waals surface area (Å²) in [6, 6.07) is 23.7. The van der Waals surface area contributed by atoms with Gasteiger partial charge in [0.05, 0.1) is 18.7 Å². The van der Waals surface area contributed by atoms with Gasteiger partial charge in [0, 0.05) is 17.0 Å². The number of nitrogens with zero attached hydrogens (tertiary/aromatic N) is 1. The van der Waals surface area contributed by atoms with Crippen molar-refractivity contribution >= 4 is 10.9 Å². The second-order valence-corrected chi connectivity index (χ2v) is 6.76. The maximum absolute atomic E-state index is 5.79. The van der Waals surface area contributed by atoms with Gasteiger partial charge in [-0.3, -0.25) is 4.98 Å². The predicted octanol–water partition coefficient (Wildman–Crippen LogP) is 4.38. The summed E-state index contributed by atoms with van der Waals surface area (Å²) in [5, 5.41) is 1.21. The number of rotatable bonds is 2. The van der Waals surface area contributed by atoms with Gasteiger partial charge in [-0.05, 0) is 35.4 Å². The Morgan fingerprint density at radius 1 is 0.739 bits per heavy atom. The van der Waals surface area contributed by atoms with Crippen LogP contribution in [0.3, 0.4) is 0 Å². The quantitative estimate of drug-likeness (QED) is 0.701. The van der Waals surface area contributed by atoms with Crippen molar-refractivity contribution in [2.24, 2.45) is 11.8 Å². The Morgan fingerprint density at radius 3 is 2.35 bits per heavy atom. The summed E-state index contributed by atoms with van der Waals surface area (Å²) < 4.78 is 5.79. The average molecular weight is 301 g/mol. The second kappa shape index (κ2) is 5.17. The van der Waals surface area contributed by atoms with Crippen LogP contribution in [0.2, 0.25) is 0 Å². The van der Waals surface area contributed by atoms with Crippen molar-refractivity contribution in [1.29, 1.82) is 0 Å². The minimum absolute atomic E-state index is 0.481. The Balaban J connectivity index is 1.58. The van der Waals surface area contributed by atoms with Crippen molar-refractivity contribution in [2.75, 3.05) is 13.2 Å². The van der Waals surface area contributed by atoms with Gasteiger partial charge in [-0.15, -0.1) is 0 Å². The molecule has 1 aliphatic heterocycles. The number of benzene rings is 2. The fraction of sp³-hybridized carbons (Fsp3) is 0.286. The molecule has 3 aromatic rings. The molecule has 2 aromatic carbocycles. The van der Waals surface area contributed by atoms with Crippen molar-refractivity contribution in [1.82, 2.24) is 4.98 Å². The first-order valence-electron chi connectivity index (χ1n) is 8.40. The standard InChI is InChI=1S/C21H19NO/c1-2-7-15(8-3-1)20-16-12-23-13-17(16)21(20)19-11-10-14-6-4-5-9-18(14)22-19/h1-11,16-17,20-21H,12-13H2/t16-,17+,20+,21+/m1/s1. The van der Waals surface area contributed by atoms with Crippen molar-refractivity contribution < 1.29 is 4.74 Å². The number of aromatic nitrogens is 1. The molecule has 23 heavy (non-hydrogen) atoms. The van der Waals surface area contributed by atoms with Crippen LogP contribution in [-0.2, 0) is 4.74 Å². The minimum Gasteiger partial charge on any atom is -0.381 e. The molecule has 114 valence electrons. The summed E-state index contributed by atoms with van der Waals surface area (Å²) in [5.74, 6) is 2.29. The van der Waals surface area contributed by atoms with Gasteiger partial charge in [-0.2, -0.15) is 0 Å². The summed E-state index contributed by atoms with van der Waals surface area (Å²) in [6.45, 7) is 1.78. The normalized spacial score (nSPS) is 29.2. The first-order valence-corrected chi connectivity index (χ1v) is 8.40. The molecule has 0 N–H and O–H groups in total. The average Bonchev–Trinajstić information content (AvgIpc) is 2.99. The highest BCUT2D eigenvalue weighted by atomic mass is 16.5. The van der Waals surface area contributed by atoms with Crippen LogP contribution in [0.15, 0.2) is 66.7 Å². The van der Waals surface area contributed by atoms with Gasteiger partial charge < -0.3 is 4.74 Å². The molecule has 2 fully saturated rings. The fourth-order valence-electron chi connectivity index (χ4n) is 4.52. The zero-order valence-electron chi connectivity index (χ0n) is 12.9. The molecule has 0 amide bonds. The number of hydrogen-bond acceptors (Lipinski definition) is 2. The van der Waals surface area contributed by atoms with Gasteiger partial charge >= 0.3 is 0 Å². The molecule has 0 bridgehead atoms. The minimum atomic E-state index is 0.481. The molecule has 2 nitrogen and oxygen atoms in total. The van der Waals surface area contributed by atoms with Crippen LogP contribution in [0, 0.1) is 11.8 Å². The molecular formula is C21H19NO. The van der Waals surface area contributed by atoms with E-state index in [1.165, 1.54) is 16.6 Å². The molecule has 2 heterocycles. The van der Waals surface area contributed by atoms with Crippen LogP contribution in [0.4, 0.5) is 0 Å². The summed E-state index contributed by atoms with van der Waals surface area (Å²) in [6.07, 6.45) is 0. The molecule has 2 aliphatic rings. The van der Waals surface area contributed by atoms with E-state index in [0.29, 0.717) is 23.7 Å². The lowest BCUT2D eigenvalue weighted by molar-refractivity contribution is 0.139. The maximum Gasteiger partial charge on any atom is 0.0705 e. The van der Waals surface area contributed by atoms with Crippen LogP contribution in [0.5, 0.6) is 0 Å². The van der Waals surface area contributed by atoms with Gasteiger partial charge in [0.25, 0.3) is 0 Å². The highest BCUT2D eigenvalue weighted by Crippen LogP contribution is 2.59. The predicted molar refractivity (Wildman–Crippen MR) is 91.5 cm³/mol. The maximum atomic E-state index is 5.79. The number of para-hydroxylation sites is 1. The largest absolute Gasteiger partial charge is 0.381 e. The monoisotopic (exact) mass is 301 g/mol. The fourth-order valence-corrected chi connectivity index (χ4v) is 4.52. The van der Waals surface area contributed by atoms with E-state index in [4.69, 9.17) is 9.72 Å². The molecule has 0 unspecified atom stereocenters. The molecule has 1 saturated heterocycles. The Bertz CT molecular complexity index is 845. The third-order valence-electron chi connectivity index (χ3n) is 5.63. The SMILES string of the molecule is c1ccc([C@H]2[C@@H]3COC[C@@H]3[C@H]2c2ccc3ccccc3n2)cc1. The van der Waals surface area contributed by atoms with E-state index in [9.17, 15) is 0 Å². The number of fused-ring (bicyclic) bond motifs is 2. The van der Waals surface area contributed by atoms with E-state index in [2.05, 4.69) is 66.7 Å². The van der Waals surface area contributed by atoms with E-state index < -0.39 is 0 Å². The zero-order chi connectivity index (χ0) is 15.2. The number of ether oxygens (including phenoxy) is 1. The molecule has 0 radical (unpaired) electrons. The summed E-state index contributed by atoms with van der Waals surface area (Å²) in [4.78, 5) is 4.98. The van der Waals surface area contributed by atoms with Gasteiger partial charge in [-0.25, -0.2) is 0 Å². The van der Waals surface area contributed by atoms with Crippen molar-refractivity contribution in [2.45, 2.75) is 11.8 Å². The van der Waals surface area contributed by atoms with Crippen molar-refractivity contribution in [3.05, 3.63) is 78.0 Å². The lowest BCUT2D eigenvalue weighted by atomic mass is 9.55. The summed E-state index contributed by atoms with van der Waals surface area (Å²) >= 11 is 0. The first-order chi connectivity index (χ1) is 11.4. The van der Waals surface area contributed by atoms with Crippen LogP contribution < -0.4 is 0 Å². The van der Waals surface area contributed by atoms with Crippen molar-refractivity contribution in [3.63, 3.8) is 0 Å². The van der Waals surface area contributed by atoms with Gasteiger partial charge in [0.1, 0.15) is 0 Å². The van der Waals surface area contributed by atoms with Crippen LogP contribution in [0.1, 0.15) is 23.1 Å². The molecular weight excluding hydrogens is 282 g/mol. The first kappa shape index (κ1) is 13.3. The van der Waals surface area contributed by atoms with Crippen LogP contribution in [-0.4, -0.2) is 18.2 Å². The molecule has 4 atom stereocenters. The number of pyridine rings is 1. The Morgan fingerprint density at radius 2 is 1.48 bits per heavy atom. The van der Waals surface area contributed by atoms with Gasteiger partial charge in [0.15, 0.2) is 0 Å². The lowest BCUT2D eigenvalue weighted by Crippen LogP contribution is -2.42. The molecule has 0 spiro atoms. The summed E-state index contributed by atoms with van der Waals surface area (Å²) in [7, 11) is 0. The van der Waals surface area contributed by atoms with Crippen LogP contribution >= 0.6 is 0 Å². The third-order valence-corrected chi connectivity index (χ3v) is 5.63. The smallest absolute Gasteiger partial charge is 0.0705 e. The van der Waals surface area contributed by atoms with E-state index in [0.717, 1.165) is 18.7 Å². The molecule has 1 saturated carbocycles. The lowest BCUT2D eigenvalue weighted by Gasteiger charge is -2.47. The highest BCUT2D eigenvalue weighted by Gasteiger charge is 2.54. The van der Waals surface area contributed by atoms with E-state index in [1.54, 1.807) is 0 Å². The Kier molecular flexibility index (Phi) is 2.98. The molecule has 5 rings (SSSR count). The molecule has 1 aromatic heterocycles. The third kappa shape index (κ3) is 2.02. The van der Waals surface area contributed by atoms with Gasteiger partial charge in [0.2, 0.25) is 0 Å². The second-order valence-electron chi connectivity index (χ2n) is 6.76. The van der Waals surface area contributed by atoms with E-state index in [-0.39, 0.29) is 0 Å². The Labute approximate surface area is 136 Å². The topological polar surface area (TPSA) is 22.1 Å². The van der Waals surface area contributed by atoms with Crippen molar-refractivity contribution in [3.8, 4) is 0 Å². The zero-order valence-corrected chi connectivity index (χ0v) is 12.9.